The monoisotopic (exact) mass is 377 g/mol. The van der Waals surface area contributed by atoms with Gasteiger partial charge in [0.25, 0.3) is 5.69 Å². The summed E-state index contributed by atoms with van der Waals surface area (Å²) in [6.45, 7) is 0.130. The van der Waals surface area contributed by atoms with Gasteiger partial charge in [-0.2, -0.15) is 5.10 Å². The van der Waals surface area contributed by atoms with Crippen LogP contribution < -0.4 is 20.9 Å². The van der Waals surface area contributed by atoms with Crippen LogP contribution >= 0.6 is 11.6 Å². The molecule has 2 aromatic carbocycles. The van der Waals surface area contributed by atoms with Crippen LogP contribution in [0.25, 0.3) is 0 Å². The van der Waals surface area contributed by atoms with Gasteiger partial charge in [-0.05, 0) is 29.8 Å². The Balaban J connectivity index is 2.18. The van der Waals surface area contributed by atoms with E-state index in [0.29, 0.717) is 11.5 Å². The largest absolute Gasteiger partial charge is 0.496 e. The third-order valence-corrected chi connectivity index (χ3v) is 3.49. The van der Waals surface area contributed by atoms with Gasteiger partial charge in [0, 0.05) is 17.7 Å². The van der Waals surface area contributed by atoms with E-state index in [2.05, 4.69) is 10.2 Å². The van der Waals surface area contributed by atoms with Gasteiger partial charge in [-0.3, -0.25) is 10.1 Å². The van der Waals surface area contributed by atoms with Crippen molar-refractivity contribution in [2.24, 2.45) is 21.7 Å². The minimum Gasteiger partial charge on any atom is -0.496 e. The fraction of sp³-hybridized carbons (Fsp3) is 0.125. The van der Waals surface area contributed by atoms with Crippen LogP contribution in [-0.4, -0.2) is 24.2 Å². The molecule has 0 aliphatic carbocycles. The average molecular weight is 378 g/mol. The van der Waals surface area contributed by atoms with Crippen molar-refractivity contribution in [2.45, 2.75) is 6.61 Å². The Morgan fingerprint density at radius 2 is 2.00 bits per heavy atom. The zero-order chi connectivity index (χ0) is 19.1. The molecule has 10 heteroatoms. The van der Waals surface area contributed by atoms with Crippen LogP contribution in [0.1, 0.15) is 11.1 Å². The number of nitro benzene ring substituents is 1. The predicted octanol–water partition coefficient (Wildman–Crippen LogP) is 2.44. The maximum absolute atomic E-state index is 10.7. The van der Waals surface area contributed by atoms with Crippen molar-refractivity contribution >= 4 is 29.5 Å². The quantitative estimate of drug-likeness (QED) is 0.329. The average Bonchev–Trinajstić information content (AvgIpc) is 2.60. The van der Waals surface area contributed by atoms with Gasteiger partial charge in [-0.15, -0.1) is 5.10 Å². The second-order valence-corrected chi connectivity index (χ2v) is 5.41. The second kappa shape index (κ2) is 8.67. The molecule has 0 spiro atoms. The van der Waals surface area contributed by atoms with Crippen molar-refractivity contribution in [3.05, 3.63) is 62.7 Å². The molecular weight excluding hydrogens is 362 g/mol. The maximum Gasteiger partial charge on any atom is 0.271 e. The summed E-state index contributed by atoms with van der Waals surface area (Å²) in [7, 11) is 1.53. The van der Waals surface area contributed by atoms with Crippen LogP contribution in [0.5, 0.6) is 11.5 Å². The van der Waals surface area contributed by atoms with Crippen molar-refractivity contribution in [2.75, 3.05) is 7.11 Å². The first-order chi connectivity index (χ1) is 12.4. The number of non-ortho nitro benzene ring substituents is 1. The molecule has 2 aromatic rings. The highest BCUT2D eigenvalue weighted by Gasteiger charge is 2.11. The van der Waals surface area contributed by atoms with Crippen LogP contribution in [0.3, 0.4) is 0 Å². The molecule has 0 radical (unpaired) electrons. The highest BCUT2D eigenvalue weighted by molar-refractivity contribution is 6.32. The molecule has 136 valence electrons. The Morgan fingerprint density at radius 3 is 2.62 bits per heavy atom. The lowest BCUT2D eigenvalue weighted by molar-refractivity contribution is -0.384. The Kier molecular flexibility index (Phi) is 6.34. The molecule has 0 amide bonds. The Bertz CT molecular complexity index is 866. The van der Waals surface area contributed by atoms with Crippen molar-refractivity contribution in [1.82, 2.24) is 0 Å². The normalized spacial score (nSPS) is 10.5. The van der Waals surface area contributed by atoms with E-state index in [1.807, 2.05) is 0 Å². The van der Waals surface area contributed by atoms with Crippen LogP contribution in [0.2, 0.25) is 5.02 Å². The number of ether oxygens (including phenoxy) is 2. The van der Waals surface area contributed by atoms with Crippen molar-refractivity contribution < 1.29 is 14.4 Å². The highest BCUT2D eigenvalue weighted by Crippen LogP contribution is 2.30. The van der Waals surface area contributed by atoms with E-state index in [1.54, 1.807) is 18.2 Å². The Labute approximate surface area is 154 Å². The topological polar surface area (TPSA) is 138 Å². The fourth-order valence-electron chi connectivity index (χ4n) is 2.03. The Hall–Kier alpha value is -3.33. The summed E-state index contributed by atoms with van der Waals surface area (Å²) in [4.78, 5) is 10.2. The first kappa shape index (κ1) is 19.0. The number of hydrogen-bond acceptors (Lipinski definition) is 6. The number of benzene rings is 2. The minimum absolute atomic E-state index is 0.113. The van der Waals surface area contributed by atoms with E-state index in [4.69, 9.17) is 32.5 Å². The van der Waals surface area contributed by atoms with Gasteiger partial charge >= 0.3 is 0 Å². The van der Waals surface area contributed by atoms with Crippen LogP contribution in [-0.2, 0) is 6.61 Å². The first-order valence-corrected chi connectivity index (χ1v) is 7.64. The van der Waals surface area contributed by atoms with Crippen LogP contribution in [0.15, 0.2) is 46.6 Å². The van der Waals surface area contributed by atoms with E-state index in [-0.39, 0.29) is 23.3 Å². The lowest BCUT2D eigenvalue weighted by Gasteiger charge is -2.12. The van der Waals surface area contributed by atoms with Gasteiger partial charge in [0.05, 0.1) is 23.3 Å². The van der Waals surface area contributed by atoms with Gasteiger partial charge in [-0.25, -0.2) is 0 Å². The smallest absolute Gasteiger partial charge is 0.271 e. The SMILES string of the molecule is COc1ccc(C=NN=C(N)N)cc1COc1ccc([N+](=O)[O-])cc1Cl. The molecule has 0 saturated heterocycles. The molecule has 9 nitrogen and oxygen atoms in total. The lowest BCUT2D eigenvalue weighted by atomic mass is 10.1. The number of hydrogen-bond donors (Lipinski definition) is 2. The van der Waals surface area contributed by atoms with Gasteiger partial charge in [-0.1, -0.05) is 11.6 Å². The molecule has 2 rings (SSSR count). The standard InChI is InChI=1S/C16H16ClN5O4/c1-25-14-4-2-10(8-20-21-16(18)19)6-11(14)9-26-15-5-3-12(22(23)24)7-13(15)17/h2-8H,9H2,1H3,(H4,18,19,21). The fourth-order valence-corrected chi connectivity index (χ4v) is 2.26. The summed E-state index contributed by atoms with van der Waals surface area (Å²) in [5, 5.41) is 18.2. The molecule has 0 aromatic heterocycles. The van der Waals surface area contributed by atoms with Gasteiger partial charge in [0.1, 0.15) is 18.1 Å². The maximum atomic E-state index is 10.7. The number of guanidine groups is 1. The summed E-state index contributed by atoms with van der Waals surface area (Å²) >= 11 is 6.02. The third-order valence-electron chi connectivity index (χ3n) is 3.19. The summed E-state index contributed by atoms with van der Waals surface area (Å²) < 4.78 is 10.9. The molecule has 0 heterocycles. The summed E-state index contributed by atoms with van der Waals surface area (Å²) in [5.74, 6) is 0.770. The zero-order valence-electron chi connectivity index (χ0n) is 13.8. The number of halogens is 1. The van der Waals surface area contributed by atoms with Crippen molar-refractivity contribution in [3.8, 4) is 11.5 Å². The van der Waals surface area contributed by atoms with E-state index >= 15 is 0 Å². The molecule has 0 bridgehead atoms. The van der Waals surface area contributed by atoms with Gasteiger partial charge in [0.15, 0.2) is 0 Å². The summed E-state index contributed by atoms with van der Waals surface area (Å²) in [6.07, 6.45) is 1.47. The molecule has 0 fully saturated rings. The number of nitro groups is 1. The third kappa shape index (κ3) is 5.08. The summed E-state index contributed by atoms with van der Waals surface area (Å²) in [6, 6.07) is 9.28. The van der Waals surface area contributed by atoms with Crippen LogP contribution in [0.4, 0.5) is 5.69 Å². The van der Waals surface area contributed by atoms with E-state index in [0.717, 1.165) is 11.1 Å². The first-order valence-electron chi connectivity index (χ1n) is 7.26. The highest BCUT2D eigenvalue weighted by atomic mass is 35.5. The van der Waals surface area contributed by atoms with Gasteiger partial charge < -0.3 is 20.9 Å². The minimum atomic E-state index is -0.530. The molecular formula is C16H16ClN5O4. The second-order valence-electron chi connectivity index (χ2n) is 5.00. The van der Waals surface area contributed by atoms with E-state index in [9.17, 15) is 10.1 Å². The molecule has 0 saturated carbocycles. The molecule has 0 atom stereocenters. The summed E-state index contributed by atoms with van der Waals surface area (Å²) in [5.41, 5.74) is 11.7. The molecule has 0 unspecified atom stereocenters. The Morgan fingerprint density at radius 1 is 1.27 bits per heavy atom. The number of methoxy groups -OCH3 is 1. The number of nitrogens with zero attached hydrogens (tertiary/aromatic N) is 3. The van der Waals surface area contributed by atoms with Crippen molar-refractivity contribution in [1.29, 1.82) is 0 Å². The number of rotatable bonds is 7. The zero-order valence-corrected chi connectivity index (χ0v) is 14.5. The number of nitrogens with two attached hydrogens (primary N) is 2. The predicted molar refractivity (Wildman–Crippen MR) is 98.8 cm³/mol. The molecule has 4 N–H and O–H groups in total. The van der Waals surface area contributed by atoms with E-state index < -0.39 is 4.92 Å². The van der Waals surface area contributed by atoms with E-state index in [1.165, 1.54) is 31.5 Å². The van der Waals surface area contributed by atoms with Crippen LogP contribution in [0, 0.1) is 10.1 Å². The lowest BCUT2D eigenvalue weighted by Crippen LogP contribution is -2.21. The van der Waals surface area contributed by atoms with Crippen molar-refractivity contribution in [3.63, 3.8) is 0 Å². The molecule has 26 heavy (non-hydrogen) atoms. The molecule has 0 aliphatic rings. The molecule has 0 aliphatic heterocycles. The van der Waals surface area contributed by atoms with Gasteiger partial charge in [0.2, 0.25) is 5.96 Å².